The van der Waals surface area contributed by atoms with E-state index in [9.17, 15) is 0 Å². The molecule has 4 nitrogen and oxygen atoms in total. The lowest BCUT2D eigenvalue weighted by Crippen LogP contribution is -2.06. The molecule has 0 aliphatic rings. The van der Waals surface area contributed by atoms with Crippen LogP contribution in [0.3, 0.4) is 0 Å². The number of ether oxygens (including phenoxy) is 2. The van der Waals surface area contributed by atoms with Crippen molar-refractivity contribution in [2.75, 3.05) is 26.3 Å². The van der Waals surface area contributed by atoms with Crippen molar-refractivity contribution in [3.05, 3.63) is 24.3 Å². The van der Waals surface area contributed by atoms with E-state index in [1.807, 2.05) is 24.3 Å². The van der Waals surface area contributed by atoms with Crippen LogP contribution in [0.15, 0.2) is 24.3 Å². The van der Waals surface area contributed by atoms with Gasteiger partial charge in [-0.1, -0.05) is 0 Å². The van der Waals surface area contributed by atoms with Crippen molar-refractivity contribution in [1.29, 1.82) is 0 Å². The van der Waals surface area contributed by atoms with Gasteiger partial charge in [-0.2, -0.15) is 0 Å². The van der Waals surface area contributed by atoms with Gasteiger partial charge in [-0.25, -0.2) is 0 Å². The summed E-state index contributed by atoms with van der Waals surface area (Å²) >= 11 is 0. The van der Waals surface area contributed by atoms with Crippen LogP contribution in [-0.2, 0) is 0 Å². The summed E-state index contributed by atoms with van der Waals surface area (Å²) in [6, 6.07) is 7.59. The second-order valence-electron chi connectivity index (χ2n) is 3.45. The van der Waals surface area contributed by atoms with E-state index in [0.717, 1.165) is 24.3 Å². The van der Waals surface area contributed by atoms with Crippen molar-refractivity contribution in [1.82, 2.24) is 0 Å². The topological polar surface area (TPSA) is 70.5 Å². The lowest BCUT2D eigenvalue weighted by Gasteiger charge is -2.07. The average molecular weight is 224 g/mol. The summed E-state index contributed by atoms with van der Waals surface area (Å²) in [7, 11) is 0. The van der Waals surface area contributed by atoms with Crippen LogP contribution in [0.5, 0.6) is 11.5 Å². The van der Waals surface area contributed by atoms with Crippen molar-refractivity contribution in [3.63, 3.8) is 0 Å². The zero-order valence-electron chi connectivity index (χ0n) is 9.52. The Balaban J connectivity index is 2.30. The highest BCUT2D eigenvalue weighted by Crippen LogP contribution is 2.17. The minimum absolute atomic E-state index is 0.653. The molecule has 0 aromatic heterocycles. The van der Waals surface area contributed by atoms with Crippen molar-refractivity contribution in [2.45, 2.75) is 12.8 Å². The van der Waals surface area contributed by atoms with E-state index in [1.54, 1.807) is 0 Å². The van der Waals surface area contributed by atoms with E-state index in [1.165, 1.54) is 0 Å². The molecular weight excluding hydrogens is 204 g/mol. The predicted molar refractivity (Wildman–Crippen MR) is 64.8 cm³/mol. The summed E-state index contributed by atoms with van der Waals surface area (Å²) in [6.45, 7) is 2.62. The molecule has 0 spiro atoms. The number of nitrogens with two attached hydrogens (primary N) is 2. The van der Waals surface area contributed by atoms with E-state index in [4.69, 9.17) is 20.9 Å². The Hall–Kier alpha value is -1.26. The zero-order valence-corrected chi connectivity index (χ0v) is 9.52. The molecule has 0 fully saturated rings. The summed E-state index contributed by atoms with van der Waals surface area (Å²) in [5, 5.41) is 0. The highest BCUT2D eigenvalue weighted by molar-refractivity contribution is 5.31. The fraction of sp³-hybridized carbons (Fsp3) is 0.500. The van der Waals surface area contributed by atoms with Gasteiger partial charge in [-0.3, -0.25) is 0 Å². The second kappa shape index (κ2) is 7.96. The van der Waals surface area contributed by atoms with Gasteiger partial charge < -0.3 is 20.9 Å². The molecule has 4 N–H and O–H groups in total. The van der Waals surface area contributed by atoms with Crippen LogP contribution in [0.4, 0.5) is 0 Å². The summed E-state index contributed by atoms with van der Waals surface area (Å²) in [5.41, 5.74) is 10.7. The Morgan fingerprint density at radius 1 is 0.750 bits per heavy atom. The number of benzene rings is 1. The third-order valence-corrected chi connectivity index (χ3v) is 2.06. The van der Waals surface area contributed by atoms with E-state index in [-0.39, 0.29) is 0 Å². The molecule has 0 heterocycles. The van der Waals surface area contributed by atoms with Crippen molar-refractivity contribution in [3.8, 4) is 11.5 Å². The van der Waals surface area contributed by atoms with Crippen LogP contribution >= 0.6 is 0 Å². The second-order valence-corrected chi connectivity index (χ2v) is 3.45. The van der Waals surface area contributed by atoms with Gasteiger partial charge in [-0.05, 0) is 50.2 Å². The monoisotopic (exact) mass is 224 g/mol. The third-order valence-electron chi connectivity index (χ3n) is 2.06. The minimum Gasteiger partial charge on any atom is -0.494 e. The number of rotatable bonds is 8. The quantitative estimate of drug-likeness (QED) is 0.650. The fourth-order valence-electron chi connectivity index (χ4n) is 1.18. The summed E-state index contributed by atoms with van der Waals surface area (Å²) in [6.07, 6.45) is 1.74. The lowest BCUT2D eigenvalue weighted by atomic mass is 10.3. The van der Waals surface area contributed by atoms with Gasteiger partial charge in [0.1, 0.15) is 11.5 Å². The van der Waals surface area contributed by atoms with Crippen LogP contribution in [0.25, 0.3) is 0 Å². The first-order valence-electron chi connectivity index (χ1n) is 5.62. The molecule has 0 amide bonds. The molecular formula is C12H20N2O2. The highest BCUT2D eigenvalue weighted by atomic mass is 16.5. The molecule has 0 aliphatic carbocycles. The molecule has 4 heteroatoms. The normalized spacial score (nSPS) is 10.1. The van der Waals surface area contributed by atoms with Crippen LogP contribution in [0.2, 0.25) is 0 Å². The van der Waals surface area contributed by atoms with Crippen LogP contribution in [0.1, 0.15) is 12.8 Å². The molecule has 1 aromatic rings. The van der Waals surface area contributed by atoms with Gasteiger partial charge in [-0.15, -0.1) is 0 Å². The first-order chi connectivity index (χ1) is 7.86. The first-order valence-corrected chi connectivity index (χ1v) is 5.62. The Morgan fingerprint density at radius 3 is 1.44 bits per heavy atom. The predicted octanol–water partition coefficient (Wildman–Crippen LogP) is 1.14. The fourth-order valence-corrected chi connectivity index (χ4v) is 1.18. The maximum atomic E-state index is 5.47. The molecule has 0 saturated heterocycles. The molecule has 0 bridgehead atoms. The maximum absolute atomic E-state index is 5.47. The largest absolute Gasteiger partial charge is 0.494 e. The van der Waals surface area contributed by atoms with E-state index in [2.05, 4.69) is 0 Å². The molecule has 0 radical (unpaired) electrons. The van der Waals surface area contributed by atoms with Crippen LogP contribution < -0.4 is 20.9 Å². The summed E-state index contributed by atoms with van der Waals surface area (Å²) in [4.78, 5) is 0. The molecule has 0 saturated carbocycles. The van der Waals surface area contributed by atoms with Gasteiger partial charge in [0.05, 0.1) is 13.2 Å². The zero-order chi connectivity index (χ0) is 11.6. The SMILES string of the molecule is NCCCOc1ccc(OCCCN)cc1. The third kappa shape index (κ3) is 5.00. The lowest BCUT2D eigenvalue weighted by molar-refractivity contribution is 0.305. The molecule has 0 aliphatic heterocycles. The maximum Gasteiger partial charge on any atom is 0.119 e. The summed E-state index contributed by atoms with van der Waals surface area (Å²) < 4.78 is 10.9. The number of hydrogen-bond acceptors (Lipinski definition) is 4. The van der Waals surface area contributed by atoms with Gasteiger partial charge >= 0.3 is 0 Å². The standard InChI is InChI=1S/C12H20N2O2/c13-7-1-9-15-11-3-5-12(6-4-11)16-10-2-8-14/h3-6H,1-2,7-10,13-14H2. The highest BCUT2D eigenvalue weighted by Gasteiger charge is 1.96. The van der Waals surface area contributed by atoms with Gasteiger partial charge in [0.15, 0.2) is 0 Å². The smallest absolute Gasteiger partial charge is 0.119 e. The molecule has 16 heavy (non-hydrogen) atoms. The van der Waals surface area contributed by atoms with Crippen molar-refractivity contribution >= 4 is 0 Å². The first kappa shape index (κ1) is 12.8. The van der Waals surface area contributed by atoms with E-state index < -0.39 is 0 Å². The van der Waals surface area contributed by atoms with Gasteiger partial charge in [0.2, 0.25) is 0 Å². The van der Waals surface area contributed by atoms with Crippen molar-refractivity contribution in [2.24, 2.45) is 11.5 Å². The Kier molecular flexibility index (Phi) is 6.37. The van der Waals surface area contributed by atoms with Crippen LogP contribution in [0, 0.1) is 0 Å². The van der Waals surface area contributed by atoms with E-state index in [0.29, 0.717) is 26.3 Å². The Labute approximate surface area is 96.5 Å². The van der Waals surface area contributed by atoms with Gasteiger partial charge in [0.25, 0.3) is 0 Å². The summed E-state index contributed by atoms with van der Waals surface area (Å²) in [5.74, 6) is 1.69. The Morgan fingerprint density at radius 2 is 1.12 bits per heavy atom. The molecule has 1 aromatic carbocycles. The van der Waals surface area contributed by atoms with Crippen LogP contribution in [-0.4, -0.2) is 26.3 Å². The molecule has 0 atom stereocenters. The number of hydrogen-bond donors (Lipinski definition) is 2. The van der Waals surface area contributed by atoms with E-state index >= 15 is 0 Å². The minimum atomic E-state index is 0.653. The Bertz CT molecular complexity index is 246. The molecule has 90 valence electrons. The van der Waals surface area contributed by atoms with Gasteiger partial charge in [0, 0.05) is 0 Å². The molecule has 0 unspecified atom stereocenters. The van der Waals surface area contributed by atoms with Crippen molar-refractivity contribution < 1.29 is 9.47 Å². The average Bonchev–Trinajstić information content (AvgIpc) is 2.32. The molecule has 1 rings (SSSR count).